The number of halogens is 3. The summed E-state index contributed by atoms with van der Waals surface area (Å²) in [4.78, 5) is 34.1. The molecule has 4 aromatic heterocycles. The van der Waals surface area contributed by atoms with Crippen LogP contribution in [0, 0.1) is 7.43 Å². The quantitative estimate of drug-likeness (QED) is 0.0607. The molecule has 0 spiro atoms. The molecule has 17 heteroatoms. The topological polar surface area (TPSA) is 162 Å². The molecule has 2 atom stereocenters. The molecule has 396 valence electrons. The number of rotatable bonds is 12. The van der Waals surface area contributed by atoms with Crippen molar-refractivity contribution in [3.8, 4) is 45.0 Å². The molecule has 2 aliphatic rings. The summed E-state index contributed by atoms with van der Waals surface area (Å²) in [7, 11) is 1.40. The van der Waals surface area contributed by atoms with Gasteiger partial charge < -0.3 is 34.3 Å². The smallest absolute Gasteiger partial charge is 1.00 e. The molecular formula is C59H69BrCl2MgN10O3. The second kappa shape index (κ2) is 27.8. The number of nitrogens with one attached hydrogen (secondary N) is 2. The number of hydrogen-bond donors (Lipinski definition) is 3. The molecule has 0 saturated carbocycles. The van der Waals surface area contributed by atoms with Crippen LogP contribution in [0.25, 0.3) is 45.0 Å². The summed E-state index contributed by atoms with van der Waals surface area (Å²) in [5, 5.41) is 27.8. The number of H-pyrrole nitrogens is 2. The average Bonchev–Trinajstić information content (AvgIpc) is 4.08. The summed E-state index contributed by atoms with van der Waals surface area (Å²) in [6.45, 7) is 12.0. The number of piperidine rings is 2. The van der Waals surface area contributed by atoms with Gasteiger partial charge in [-0.1, -0.05) is 91.3 Å². The van der Waals surface area contributed by atoms with Gasteiger partial charge in [-0.3, -0.25) is 20.0 Å². The average molecular weight is 1140 g/mol. The van der Waals surface area contributed by atoms with E-state index in [9.17, 15) is 9.90 Å². The first kappa shape index (κ1) is 61.5. The van der Waals surface area contributed by atoms with E-state index in [1.54, 1.807) is 25.0 Å². The normalized spacial score (nSPS) is 15.1. The molecule has 0 aliphatic carbocycles. The zero-order valence-corrected chi connectivity index (χ0v) is 47.9. The molecule has 13 nitrogen and oxygen atoms in total. The predicted molar refractivity (Wildman–Crippen MR) is 305 cm³/mol. The fourth-order valence-corrected chi connectivity index (χ4v) is 10.3. The molecule has 0 amide bonds. The van der Waals surface area contributed by atoms with Crippen molar-refractivity contribution in [2.45, 2.75) is 90.3 Å². The largest absolute Gasteiger partial charge is 2.00 e. The van der Waals surface area contributed by atoms with Crippen molar-refractivity contribution in [2.24, 2.45) is 0 Å². The maximum atomic E-state index is 11.7. The first-order valence-electron chi connectivity index (χ1n) is 24.6. The number of ether oxygens (including phenoxy) is 1. The van der Waals surface area contributed by atoms with Gasteiger partial charge in [-0.25, -0.2) is 24.7 Å². The molecule has 2 fully saturated rings. The van der Waals surface area contributed by atoms with Crippen molar-refractivity contribution in [2.75, 3.05) is 33.3 Å². The third-order valence-electron chi connectivity index (χ3n) is 14.4. The first-order valence-corrected chi connectivity index (χ1v) is 25.3. The number of esters is 1. The molecule has 76 heavy (non-hydrogen) atoms. The minimum Gasteiger partial charge on any atom is -1.00 e. The molecule has 0 bridgehead atoms. The summed E-state index contributed by atoms with van der Waals surface area (Å²) < 4.78 is 4.81. The fourth-order valence-electron chi connectivity index (χ4n) is 10.1. The fraction of sp³-hybridized carbons (Fsp3) is 0.322. The molecule has 2 unspecified atom stereocenters. The van der Waals surface area contributed by atoms with E-state index < -0.39 is 5.60 Å². The van der Waals surface area contributed by atoms with Gasteiger partial charge in [0.1, 0.15) is 24.0 Å². The van der Waals surface area contributed by atoms with E-state index in [4.69, 9.17) is 38.1 Å². The molecule has 2 saturated heterocycles. The van der Waals surface area contributed by atoms with Gasteiger partial charge in [0.2, 0.25) is 0 Å². The zero-order chi connectivity index (χ0) is 50.4. The van der Waals surface area contributed by atoms with Gasteiger partial charge in [-0.15, -0.1) is 0 Å². The maximum Gasteiger partial charge on any atom is 2.00 e. The maximum absolute atomic E-state index is 11.7. The van der Waals surface area contributed by atoms with E-state index >= 15 is 0 Å². The second-order valence-electron chi connectivity index (χ2n) is 19.2. The van der Waals surface area contributed by atoms with Gasteiger partial charge in [-0.05, 0) is 145 Å². The molecule has 6 heterocycles. The molecule has 10 rings (SSSR count). The monoisotopic (exact) mass is 1140 g/mol. The molecule has 0 radical (unpaired) electrons. The van der Waals surface area contributed by atoms with E-state index in [1.807, 2.05) is 111 Å². The minimum atomic E-state index is -0.823. The number of carbonyl (C=O) groups excluding carboxylic acids is 1. The van der Waals surface area contributed by atoms with Gasteiger partial charge >= 0.3 is 29.0 Å². The van der Waals surface area contributed by atoms with Crippen molar-refractivity contribution in [3.63, 3.8) is 0 Å². The van der Waals surface area contributed by atoms with E-state index in [0.717, 1.165) is 114 Å². The Hall–Kier alpha value is -5.36. The van der Waals surface area contributed by atoms with Gasteiger partial charge in [-0.2, -0.15) is 10.2 Å². The number of benzene rings is 4. The van der Waals surface area contributed by atoms with Crippen molar-refractivity contribution >= 4 is 52.2 Å². The Balaban J connectivity index is 0.000000312. The molecular weight excluding hydrogens is 1070 g/mol. The predicted octanol–water partition coefficient (Wildman–Crippen LogP) is 10.2. The van der Waals surface area contributed by atoms with E-state index in [0.29, 0.717) is 33.5 Å². The van der Waals surface area contributed by atoms with Gasteiger partial charge in [0, 0.05) is 81.4 Å². The van der Waals surface area contributed by atoms with Gasteiger partial charge in [0.25, 0.3) is 0 Å². The van der Waals surface area contributed by atoms with Crippen LogP contribution >= 0.6 is 23.2 Å². The Morgan fingerprint density at radius 1 is 0.658 bits per heavy atom. The number of nitrogens with zero attached hydrogens (tertiary/aromatic N) is 8. The Morgan fingerprint density at radius 2 is 1.04 bits per heavy atom. The summed E-state index contributed by atoms with van der Waals surface area (Å²) in [6.07, 6.45) is 10.8. The molecule has 3 N–H and O–H groups in total. The van der Waals surface area contributed by atoms with Crippen LogP contribution < -0.4 is 17.0 Å². The number of methoxy groups -OCH3 is 1. The van der Waals surface area contributed by atoms with Crippen LogP contribution in [-0.4, -0.2) is 118 Å². The first-order chi connectivity index (χ1) is 34.9. The van der Waals surface area contributed by atoms with Crippen molar-refractivity contribution < 1.29 is 33.0 Å². The summed E-state index contributed by atoms with van der Waals surface area (Å²) in [5.74, 6) is 0.394. The Kier molecular flexibility index (Phi) is 22.5. The van der Waals surface area contributed by atoms with Crippen LogP contribution in [0.15, 0.2) is 134 Å². The Morgan fingerprint density at radius 3 is 1.38 bits per heavy atom. The number of aliphatic hydroxyl groups is 1. The Bertz CT molecular complexity index is 3040. The number of likely N-dealkylation sites (tertiary alicyclic amines) is 2. The van der Waals surface area contributed by atoms with Gasteiger partial charge in [0.05, 0.1) is 29.7 Å². The molecule has 2 aliphatic heterocycles. The minimum absolute atomic E-state index is 0. The van der Waals surface area contributed by atoms with Gasteiger partial charge in [0.15, 0.2) is 0 Å². The number of carbonyl (C=O) groups is 1. The Labute approximate surface area is 486 Å². The van der Waals surface area contributed by atoms with E-state index in [-0.39, 0.29) is 68.3 Å². The summed E-state index contributed by atoms with van der Waals surface area (Å²) in [5.41, 5.74) is 13.0. The van der Waals surface area contributed by atoms with Crippen LogP contribution in [0.3, 0.4) is 0 Å². The molecule has 4 aromatic carbocycles. The van der Waals surface area contributed by atoms with Crippen molar-refractivity contribution in [3.05, 3.63) is 185 Å². The third kappa shape index (κ3) is 14.2. The van der Waals surface area contributed by atoms with E-state index in [2.05, 4.69) is 65.9 Å². The third-order valence-corrected chi connectivity index (χ3v) is 14.9. The number of aromatic nitrogens is 8. The molecule has 8 aromatic rings. The van der Waals surface area contributed by atoms with Crippen LogP contribution in [0.1, 0.15) is 125 Å². The zero-order valence-electron chi connectivity index (χ0n) is 43.4. The van der Waals surface area contributed by atoms with Crippen LogP contribution in [0.4, 0.5) is 0 Å². The van der Waals surface area contributed by atoms with E-state index in [1.165, 1.54) is 18.2 Å². The standard InChI is InChI=1S/C29H32ClN5O.C28H28ClN5O2.CH4.CH3.BrH.Mg.H2/c1-19(20-4-8-23(9-5-20)29(2,3)36)35-16-13-22(14-17-35)28-26(25-12-15-31-18-32-25)27(33-34-28)21-6-10-24(30)11-7-21;1-18(19-3-5-22(6-4-19)28(35)36-2)34-15-12-21(13-16-34)27-25(24-11-14-30-17-31-24)26(32-33-27)20-7-9-23(29)10-8-20;;;;;/h4-12,15,18-19,22,36H,13-14,16-17H2,1-3H3,(H,33,34);3-11,14,17-18,21H,12-13,15-16H2,1-2H3,(H,32,33);1H4;1H3;1H;;1H/q;;;-1;;+2;/p-1/i;;;;;;1+1. The summed E-state index contributed by atoms with van der Waals surface area (Å²) in [6, 6.07) is 36.0. The SMILES string of the molecule is C.CC(c1ccc(C(C)(C)O)cc1)N1CCC(c2[nH]nc(-c3ccc(Cl)cc3)c2-c2ccncn2)CC1.COC(=O)c1ccc(C(C)N2CCC(c3[nH]nc(-c4ccc(Cl)cc4)c3-c3ccncn3)CC2)cc1.[2HH].[Br-].[CH3-].[Mg+2]. The van der Waals surface area contributed by atoms with Crippen LogP contribution in [-0.2, 0) is 10.3 Å². The van der Waals surface area contributed by atoms with Crippen molar-refractivity contribution in [1.29, 1.82) is 0 Å². The van der Waals surface area contributed by atoms with Crippen molar-refractivity contribution in [1.82, 2.24) is 50.1 Å². The number of hydrogen-bond acceptors (Lipinski definition) is 11. The summed E-state index contributed by atoms with van der Waals surface area (Å²) >= 11 is 12.2. The second-order valence-corrected chi connectivity index (χ2v) is 20.1. The van der Waals surface area contributed by atoms with Crippen LogP contribution in [0.2, 0.25) is 10.0 Å². The number of aromatic amines is 2. The van der Waals surface area contributed by atoms with Crippen LogP contribution in [0.5, 0.6) is 0 Å².